The normalized spacial score (nSPS) is 11.9. The molecule has 0 spiro atoms. The molecule has 0 bridgehead atoms. The number of alkyl halides is 2. The molecule has 1 N–H and O–H groups in total. The van der Waals surface area contributed by atoms with Crippen LogP contribution < -0.4 is 4.74 Å². The number of nitrogens with zero attached hydrogens (tertiary/aromatic N) is 1. The monoisotopic (exact) mass is 227 g/mol. The van der Waals surface area contributed by atoms with Crippen molar-refractivity contribution in [2.24, 2.45) is 0 Å². The van der Waals surface area contributed by atoms with Crippen LogP contribution in [0.25, 0.3) is 0 Å². The third kappa shape index (κ3) is 2.92. The molecule has 1 aromatic rings. The first-order valence-corrected chi connectivity index (χ1v) is 4.21. The zero-order valence-corrected chi connectivity index (χ0v) is 7.93. The lowest BCUT2D eigenvalue weighted by Crippen LogP contribution is -2.09. The molecule has 84 valence electrons. The third-order valence-corrected chi connectivity index (χ3v) is 1.81. The molecule has 6 heteroatoms. The molecule has 0 amide bonds. The topological polar surface area (TPSA) is 70.3 Å². The number of hydrogen-bond acceptors (Lipinski definition) is 3. The highest BCUT2D eigenvalue weighted by Crippen LogP contribution is 2.20. The van der Waals surface area contributed by atoms with Crippen molar-refractivity contribution in [2.45, 2.75) is 12.5 Å². The van der Waals surface area contributed by atoms with Crippen LogP contribution in [0.5, 0.6) is 5.75 Å². The van der Waals surface area contributed by atoms with Gasteiger partial charge in [0.15, 0.2) is 5.92 Å². The van der Waals surface area contributed by atoms with Crippen LogP contribution in [0.2, 0.25) is 0 Å². The van der Waals surface area contributed by atoms with E-state index in [1.807, 2.05) is 0 Å². The van der Waals surface area contributed by atoms with E-state index in [2.05, 4.69) is 4.74 Å². The van der Waals surface area contributed by atoms with Gasteiger partial charge in [0, 0.05) is 0 Å². The van der Waals surface area contributed by atoms with Crippen molar-refractivity contribution in [3.05, 3.63) is 29.8 Å². The summed E-state index contributed by atoms with van der Waals surface area (Å²) in [5.74, 6) is -2.67. The van der Waals surface area contributed by atoms with Crippen LogP contribution in [0.3, 0.4) is 0 Å². The lowest BCUT2D eigenvalue weighted by molar-refractivity contribution is -0.137. The van der Waals surface area contributed by atoms with Gasteiger partial charge in [-0.25, -0.2) is 0 Å². The summed E-state index contributed by atoms with van der Waals surface area (Å²) in [5, 5.41) is 17.3. The average molecular weight is 227 g/mol. The molecule has 0 radical (unpaired) electrons. The Balaban J connectivity index is 2.86. The highest BCUT2D eigenvalue weighted by molar-refractivity contribution is 5.79. The highest BCUT2D eigenvalue weighted by Gasteiger charge is 2.18. The van der Waals surface area contributed by atoms with Crippen molar-refractivity contribution in [3.8, 4) is 11.8 Å². The summed E-state index contributed by atoms with van der Waals surface area (Å²) < 4.78 is 27.7. The Kier molecular flexibility index (Phi) is 3.78. The fraction of sp³-hybridized carbons (Fsp3) is 0.200. The van der Waals surface area contributed by atoms with Gasteiger partial charge in [-0.15, -0.1) is 0 Å². The minimum absolute atomic E-state index is 0.0826. The van der Waals surface area contributed by atoms with Crippen molar-refractivity contribution in [3.63, 3.8) is 0 Å². The lowest BCUT2D eigenvalue weighted by Gasteiger charge is -2.06. The van der Waals surface area contributed by atoms with Crippen molar-refractivity contribution < 1.29 is 23.4 Å². The number of halogens is 2. The first-order valence-electron chi connectivity index (χ1n) is 4.21. The van der Waals surface area contributed by atoms with Gasteiger partial charge in [0.1, 0.15) is 5.75 Å². The summed E-state index contributed by atoms with van der Waals surface area (Å²) >= 11 is 0. The Morgan fingerprint density at radius 1 is 1.38 bits per heavy atom. The zero-order chi connectivity index (χ0) is 12.1. The molecule has 0 aromatic heterocycles. The molecule has 0 aliphatic rings. The standard InChI is InChI=1S/C10H7F2NO3/c11-10(12)16-7-3-1-6(2-4-7)8(5-13)9(14)15/h1-4,8,10H,(H,14,15). The minimum atomic E-state index is -2.93. The van der Waals surface area contributed by atoms with E-state index in [9.17, 15) is 13.6 Å². The Morgan fingerprint density at radius 2 is 1.94 bits per heavy atom. The van der Waals surface area contributed by atoms with Gasteiger partial charge < -0.3 is 9.84 Å². The maximum atomic E-state index is 11.8. The summed E-state index contributed by atoms with van der Waals surface area (Å²) in [6, 6.07) is 6.50. The van der Waals surface area contributed by atoms with Crippen LogP contribution in [0, 0.1) is 11.3 Å². The first kappa shape index (κ1) is 11.9. The molecule has 0 saturated carbocycles. The Labute approximate surface area is 89.7 Å². The second kappa shape index (κ2) is 5.07. The van der Waals surface area contributed by atoms with Crippen LogP contribution in [0.4, 0.5) is 8.78 Å². The Hall–Kier alpha value is -2.16. The molecule has 0 saturated heterocycles. The molecule has 0 aliphatic heterocycles. The number of carboxylic acids is 1. The number of carboxylic acid groups (broad SMARTS) is 1. The van der Waals surface area contributed by atoms with E-state index < -0.39 is 18.5 Å². The van der Waals surface area contributed by atoms with E-state index >= 15 is 0 Å². The zero-order valence-electron chi connectivity index (χ0n) is 7.93. The van der Waals surface area contributed by atoms with Gasteiger partial charge in [-0.05, 0) is 17.7 Å². The number of nitriles is 1. The van der Waals surface area contributed by atoms with Gasteiger partial charge in [0.25, 0.3) is 0 Å². The average Bonchev–Trinajstić information content (AvgIpc) is 2.20. The molecular formula is C10H7F2NO3. The quantitative estimate of drug-likeness (QED) is 0.853. The van der Waals surface area contributed by atoms with Crippen LogP contribution >= 0.6 is 0 Å². The second-order valence-electron chi connectivity index (χ2n) is 2.85. The summed E-state index contributed by atoms with van der Waals surface area (Å²) in [6.45, 7) is -2.93. The van der Waals surface area contributed by atoms with Gasteiger partial charge in [-0.2, -0.15) is 14.0 Å². The lowest BCUT2D eigenvalue weighted by atomic mass is 10.0. The Bertz CT molecular complexity index is 411. The summed E-state index contributed by atoms with van der Waals surface area (Å²) in [5.41, 5.74) is 0.219. The molecule has 0 fully saturated rings. The van der Waals surface area contributed by atoms with E-state index in [0.29, 0.717) is 0 Å². The number of hydrogen-bond donors (Lipinski definition) is 1. The predicted octanol–water partition coefficient (Wildman–Crippen LogP) is 1.98. The fourth-order valence-electron chi connectivity index (χ4n) is 1.11. The van der Waals surface area contributed by atoms with Gasteiger partial charge in [0.2, 0.25) is 0 Å². The molecule has 0 aliphatic carbocycles. The number of aliphatic carboxylic acids is 1. The predicted molar refractivity (Wildman–Crippen MR) is 49.1 cm³/mol. The number of ether oxygens (including phenoxy) is 1. The molecule has 1 rings (SSSR count). The molecular weight excluding hydrogens is 220 g/mol. The first-order chi connectivity index (χ1) is 7.54. The maximum absolute atomic E-state index is 11.8. The summed E-state index contributed by atoms with van der Waals surface area (Å²) in [6.07, 6.45) is 0. The minimum Gasteiger partial charge on any atom is -0.480 e. The van der Waals surface area contributed by atoms with E-state index in [4.69, 9.17) is 10.4 Å². The smallest absolute Gasteiger partial charge is 0.387 e. The number of rotatable bonds is 4. The molecule has 0 heterocycles. The van der Waals surface area contributed by atoms with Gasteiger partial charge in [-0.1, -0.05) is 12.1 Å². The number of carbonyl (C=O) groups is 1. The van der Waals surface area contributed by atoms with Crippen molar-refractivity contribution in [2.75, 3.05) is 0 Å². The van der Waals surface area contributed by atoms with Crippen LogP contribution in [-0.2, 0) is 4.79 Å². The fourth-order valence-corrected chi connectivity index (χ4v) is 1.11. The Morgan fingerprint density at radius 3 is 2.31 bits per heavy atom. The number of benzene rings is 1. The van der Waals surface area contributed by atoms with Gasteiger partial charge in [0.05, 0.1) is 6.07 Å². The van der Waals surface area contributed by atoms with E-state index in [1.165, 1.54) is 24.3 Å². The van der Waals surface area contributed by atoms with Crippen molar-refractivity contribution in [1.29, 1.82) is 5.26 Å². The molecule has 16 heavy (non-hydrogen) atoms. The van der Waals surface area contributed by atoms with E-state index in [-0.39, 0.29) is 11.3 Å². The van der Waals surface area contributed by atoms with E-state index in [1.54, 1.807) is 6.07 Å². The molecule has 1 atom stereocenters. The van der Waals surface area contributed by atoms with E-state index in [0.717, 1.165) is 0 Å². The second-order valence-corrected chi connectivity index (χ2v) is 2.85. The van der Waals surface area contributed by atoms with Crippen molar-refractivity contribution in [1.82, 2.24) is 0 Å². The van der Waals surface area contributed by atoms with Gasteiger partial charge in [-0.3, -0.25) is 4.79 Å². The summed E-state index contributed by atoms with van der Waals surface area (Å²) in [4.78, 5) is 10.6. The maximum Gasteiger partial charge on any atom is 0.387 e. The van der Waals surface area contributed by atoms with Gasteiger partial charge >= 0.3 is 12.6 Å². The SMILES string of the molecule is N#CC(C(=O)O)c1ccc(OC(F)F)cc1. The van der Waals surface area contributed by atoms with Crippen LogP contribution in [-0.4, -0.2) is 17.7 Å². The molecule has 1 aromatic carbocycles. The third-order valence-electron chi connectivity index (χ3n) is 1.81. The summed E-state index contributed by atoms with van der Waals surface area (Å²) in [7, 11) is 0. The molecule has 1 unspecified atom stereocenters. The molecule has 4 nitrogen and oxygen atoms in total. The largest absolute Gasteiger partial charge is 0.480 e. The van der Waals surface area contributed by atoms with Crippen LogP contribution in [0.15, 0.2) is 24.3 Å². The van der Waals surface area contributed by atoms with Crippen molar-refractivity contribution >= 4 is 5.97 Å². The van der Waals surface area contributed by atoms with Crippen LogP contribution in [0.1, 0.15) is 11.5 Å². The highest BCUT2D eigenvalue weighted by atomic mass is 19.3.